The zero-order chi connectivity index (χ0) is 13.5. The molecule has 1 aromatic heterocycles. The van der Waals surface area contributed by atoms with Crippen molar-refractivity contribution in [3.63, 3.8) is 0 Å². The minimum absolute atomic E-state index is 0.459. The van der Waals surface area contributed by atoms with Gasteiger partial charge in [0, 0.05) is 9.86 Å². The van der Waals surface area contributed by atoms with Gasteiger partial charge in [0.05, 0.1) is 11.7 Å². The molecule has 18 heavy (non-hydrogen) atoms. The Balaban J connectivity index is 2.48. The molecule has 2 aromatic rings. The molecule has 0 amide bonds. The molecule has 0 fully saturated rings. The molecule has 2 rings (SSSR count). The normalized spacial score (nSPS) is 11.8. The van der Waals surface area contributed by atoms with E-state index < -0.39 is 11.7 Å². The predicted octanol–water partition coefficient (Wildman–Crippen LogP) is 3.89. The standard InChI is InChI=1S/C13H15BrN2O2/c1-8-9-7-15-16(11(9)6-5-10(8)14)12(17)18-13(2,3)4/h5-7H,1-4H3. The number of aryl methyl sites for hydroxylation is 1. The maximum atomic E-state index is 12.0. The number of rotatable bonds is 0. The molecule has 0 N–H and O–H groups in total. The first-order valence-electron chi connectivity index (χ1n) is 5.66. The highest BCUT2D eigenvalue weighted by Gasteiger charge is 2.20. The fourth-order valence-electron chi connectivity index (χ4n) is 1.66. The summed E-state index contributed by atoms with van der Waals surface area (Å²) in [6, 6.07) is 3.75. The van der Waals surface area contributed by atoms with Crippen LogP contribution in [0.1, 0.15) is 26.3 Å². The highest BCUT2D eigenvalue weighted by atomic mass is 79.9. The number of nitrogens with zero attached hydrogens (tertiary/aromatic N) is 2. The summed E-state index contributed by atoms with van der Waals surface area (Å²) in [5, 5.41) is 5.04. The molecule has 0 aliphatic heterocycles. The van der Waals surface area contributed by atoms with Crippen LogP contribution in [0.25, 0.3) is 10.9 Å². The average molecular weight is 311 g/mol. The Labute approximate surface area is 114 Å². The van der Waals surface area contributed by atoms with Gasteiger partial charge in [0.25, 0.3) is 0 Å². The van der Waals surface area contributed by atoms with Crippen LogP contribution in [0, 0.1) is 6.92 Å². The summed E-state index contributed by atoms with van der Waals surface area (Å²) < 4.78 is 7.60. The summed E-state index contributed by atoms with van der Waals surface area (Å²) >= 11 is 3.46. The smallest absolute Gasteiger partial charge is 0.435 e. The Kier molecular flexibility index (Phi) is 3.19. The van der Waals surface area contributed by atoms with Gasteiger partial charge in [-0.3, -0.25) is 0 Å². The number of halogens is 1. The van der Waals surface area contributed by atoms with Crippen molar-refractivity contribution in [2.45, 2.75) is 33.3 Å². The lowest BCUT2D eigenvalue weighted by Crippen LogP contribution is -2.27. The second kappa shape index (κ2) is 4.39. The van der Waals surface area contributed by atoms with Gasteiger partial charge in [-0.2, -0.15) is 9.78 Å². The minimum Gasteiger partial charge on any atom is -0.442 e. The van der Waals surface area contributed by atoms with Gasteiger partial charge in [-0.1, -0.05) is 15.9 Å². The topological polar surface area (TPSA) is 44.1 Å². The predicted molar refractivity (Wildman–Crippen MR) is 73.8 cm³/mol. The summed E-state index contributed by atoms with van der Waals surface area (Å²) in [6.07, 6.45) is 1.22. The van der Waals surface area contributed by atoms with Gasteiger partial charge in [-0.25, -0.2) is 4.79 Å². The minimum atomic E-state index is -0.528. The van der Waals surface area contributed by atoms with E-state index in [1.807, 2.05) is 39.8 Å². The molecular formula is C13H15BrN2O2. The first kappa shape index (κ1) is 13.1. The van der Waals surface area contributed by atoms with Gasteiger partial charge in [-0.05, 0) is 45.4 Å². The zero-order valence-corrected chi connectivity index (χ0v) is 12.4. The third-order valence-electron chi connectivity index (χ3n) is 2.52. The monoisotopic (exact) mass is 310 g/mol. The molecule has 0 bridgehead atoms. The number of aromatic nitrogens is 2. The SMILES string of the molecule is Cc1c(Br)ccc2c1cnn2C(=O)OC(C)(C)C. The molecule has 1 aromatic carbocycles. The van der Waals surface area contributed by atoms with Crippen LogP contribution in [0.15, 0.2) is 22.8 Å². The van der Waals surface area contributed by atoms with Gasteiger partial charge in [0.2, 0.25) is 0 Å². The molecule has 96 valence electrons. The number of fused-ring (bicyclic) bond motifs is 1. The number of hydrogen-bond donors (Lipinski definition) is 0. The van der Waals surface area contributed by atoms with Gasteiger partial charge >= 0.3 is 6.09 Å². The molecule has 0 saturated heterocycles. The first-order valence-corrected chi connectivity index (χ1v) is 6.45. The Morgan fingerprint density at radius 1 is 1.39 bits per heavy atom. The Morgan fingerprint density at radius 3 is 2.67 bits per heavy atom. The van der Waals surface area contributed by atoms with Crippen LogP contribution < -0.4 is 0 Å². The van der Waals surface area contributed by atoms with Crippen LogP contribution in [0.4, 0.5) is 4.79 Å². The van der Waals surface area contributed by atoms with E-state index in [4.69, 9.17) is 4.74 Å². The Bertz CT molecular complexity index is 611. The Morgan fingerprint density at radius 2 is 2.06 bits per heavy atom. The summed E-state index contributed by atoms with van der Waals surface area (Å²) in [7, 11) is 0. The largest absolute Gasteiger partial charge is 0.442 e. The van der Waals surface area contributed by atoms with Crippen molar-refractivity contribution in [2.24, 2.45) is 0 Å². The maximum Gasteiger partial charge on any atom is 0.435 e. The molecule has 0 saturated carbocycles. The highest BCUT2D eigenvalue weighted by molar-refractivity contribution is 9.10. The summed E-state index contributed by atoms with van der Waals surface area (Å²) in [5.41, 5.74) is 1.28. The first-order chi connectivity index (χ1) is 8.29. The fraction of sp³-hybridized carbons (Fsp3) is 0.385. The van der Waals surface area contributed by atoms with Crippen molar-refractivity contribution < 1.29 is 9.53 Å². The molecule has 0 radical (unpaired) electrons. The molecule has 5 heteroatoms. The van der Waals surface area contributed by atoms with Crippen molar-refractivity contribution in [3.8, 4) is 0 Å². The second-order valence-electron chi connectivity index (χ2n) is 5.14. The van der Waals surface area contributed by atoms with E-state index in [0.29, 0.717) is 0 Å². The molecule has 0 unspecified atom stereocenters. The summed E-state index contributed by atoms with van der Waals surface area (Å²) in [6.45, 7) is 7.48. The van der Waals surface area contributed by atoms with Crippen molar-refractivity contribution in [1.82, 2.24) is 9.78 Å². The molecule has 0 aliphatic carbocycles. The van der Waals surface area contributed by atoms with Crippen LogP contribution in [-0.2, 0) is 4.74 Å². The molecule has 1 heterocycles. The van der Waals surface area contributed by atoms with E-state index in [1.54, 1.807) is 6.20 Å². The quantitative estimate of drug-likeness (QED) is 0.741. The summed E-state index contributed by atoms with van der Waals surface area (Å²) in [5.74, 6) is 0. The average Bonchev–Trinajstić information content (AvgIpc) is 2.65. The second-order valence-corrected chi connectivity index (χ2v) is 6.00. The number of carbonyl (C=O) groups is 1. The summed E-state index contributed by atoms with van der Waals surface area (Å²) in [4.78, 5) is 12.0. The zero-order valence-electron chi connectivity index (χ0n) is 10.8. The molecule has 0 aliphatic rings. The van der Waals surface area contributed by atoms with Crippen LogP contribution >= 0.6 is 15.9 Å². The van der Waals surface area contributed by atoms with E-state index >= 15 is 0 Å². The number of hydrogen-bond acceptors (Lipinski definition) is 3. The molecular weight excluding hydrogens is 296 g/mol. The van der Waals surface area contributed by atoms with E-state index in [0.717, 1.165) is 20.9 Å². The lowest BCUT2D eigenvalue weighted by Gasteiger charge is -2.19. The van der Waals surface area contributed by atoms with Gasteiger partial charge < -0.3 is 4.74 Å². The van der Waals surface area contributed by atoms with Crippen LogP contribution in [0.3, 0.4) is 0 Å². The van der Waals surface area contributed by atoms with E-state index in [2.05, 4.69) is 21.0 Å². The van der Waals surface area contributed by atoms with Crippen molar-refractivity contribution in [1.29, 1.82) is 0 Å². The third-order valence-corrected chi connectivity index (χ3v) is 3.38. The van der Waals surface area contributed by atoms with Crippen molar-refractivity contribution in [3.05, 3.63) is 28.4 Å². The lowest BCUT2D eigenvalue weighted by molar-refractivity contribution is 0.0523. The lowest BCUT2D eigenvalue weighted by atomic mass is 10.1. The van der Waals surface area contributed by atoms with E-state index in [1.165, 1.54) is 4.68 Å². The number of carbonyl (C=O) groups excluding carboxylic acids is 1. The van der Waals surface area contributed by atoms with Crippen LogP contribution in [0.5, 0.6) is 0 Å². The van der Waals surface area contributed by atoms with Crippen molar-refractivity contribution >= 4 is 32.9 Å². The van der Waals surface area contributed by atoms with Crippen LogP contribution in [0.2, 0.25) is 0 Å². The van der Waals surface area contributed by atoms with Gasteiger partial charge in [0.15, 0.2) is 0 Å². The molecule has 0 atom stereocenters. The van der Waals surface area contributed by atoms with Gasteiger partial charge in [0.1, 0.15) is 5.60 Å². The van der Waals surface area contributed by atoms with Gasteiger partial charge in [-0.15, -0.1) is 0 Å². The number of benzene rings is 1. The fourth-order valence-corrected chi connectivity index (χ4v) is 2.01. The molecule has 0 spiro atoms. The molecule has 4 nitrogen and oxygen atoms in total. The van der Waals surface area contributed by atoms with E-state index in [-0.39, 0.29) is 0 Å². The van der Waals surface area contributed by atoms with Crippen molar-refractivity contribution in [2.75, 3.05) is 0 Å². The maximum absolute atomic E-state index is 12.0. The Hall–Kier alpha value is -1.36. The van der Waals surface area contributed by atoms with E-state index in [9.17, 15) is 4.79 Å². The number of ether oxygens (including phenoxy) is 1. The third kappa shape index (κ3) is 2.41. The highest BCUT2D eigenvalue weighted by Crippen LogP contribution is 2.25. The van der Waals surface area contributed by atoms with Crippen LogP contribution in [-0.4, -0.2) is 21.5 Å².